The van der Waals surface area contributed by atoms with Crippen LogP contribution in [0.15, 0.2) is 12.8 Å². The monoisotopic (exact) mass is 187 g/mol. The standard InChI is InChI=1S/C8H15NO2.C2H6/c1-4-7(9-5-2)8(10)11-6-3;1-2/h5,7,9H,2,4,6H2,1,3H3;1-2H3. The van der Waals surface area contributed by atoms with Gasteiger partial charge in [-0.1, -0.05) is 27.4 Å². The predicted molar refractivity (Wildman–Crippen MR) is 55.4 cm³/mol. The Balaban J connectivity index is 0. The molecule has 0 saturated heterocycles. The Morgan fingerprint density at radius 2 is 2.08 bits per heavy atom. The second-order valence-electron chi connectivity index (χ2n) is 2.08. The highest BCUT2D eigenvalue weighted by Gasteiger charge is 2.14. The maximum atomic E-state index is 11.0. The van der Waals surface area contributed by atoms with Gasteiger partial charge >= 0.3 is 5.97 Å². The summed E-state index contributed by atoms with van der Waals surface area (Å²) in [6.07, 6.45) is 2.22. The molecule has 1 atom stereocenters. The summed E-state index contributed by atoms with van der Waals surface area (Å²) >= 11 is 0. The zero-order valence-corrected chi connectivity index (χ0v) is 9.09. The maximum Gasteiger partial charge on any atom is 0.328 e. The van der Waals surface area contributed by atoms with Crippen molar-refractivity contribution in [3.05, 3.63) is 12.8 Å². The van der Waals surface area contributed by atoms with Crippen molar-refractivity contribution in [2.45, 2.75) is 40.2 Å². The first kappa shape index (κ1) is 14.5. The van der Waals surface area contributed by atoms with Crippen LogP contribution in [0.2, 0.25) is 0 Å². The van der Waals surface area contributed by atoms with E-state index in [0.717, 1.165) is 0 Å². The fourth-order valence-electron chi connectivity index (χ4n) is 0.738. The van der Waals surface area contributed by atoms with Gasteiger partial charge in [0.1, 0.15) is 6.04 Å². The van der Waals surface area contributed by atoms with Crippen molar-refractivity contribution in [3.63, 3.8) is 0 Å². The van der Waals surface area contributed by atoms with Gasteiger partial charge in [0.05, 0.1) is 6.61 Å². The van der Waals surface area contributed by atoms with Gasteiger partial charge in [0.2, 0.25) is 0 Å². The van der Waals surface area contributed by atoms with Crippen LogP contribution in [-0.2, 0) is 9.53 Å². The number of hydrogen-bond acceptors (Lipinski definition) is 3. The maximum absolute atomic E-state index is 11.0. The quantitative estimate of drug-likeness (QED) is 0.670. The van der Waals surface area contributed by atoms with Crippen molar-refractivity contribution in [1.29, 1.82) is 0 Å². The number of nitrogens with one attached hydrogen (secondary N) is 1. The molecule has 3 heteroatoms. The fourth-order valence-corrected chi connectivity index (χ4v) is 0.738. The van der Waals surface area contributed by atoms with Crippen LogP contribution in [0.4, 0.5) is 0 Å². The average molecular weight is 187 g/mol. The molecular formula is C10H21NO2. The Morgan fingerprint density at radius 1 is 1.54 bits per heavy atom. The fraction of sp³-hybridized carbons (Fsp3) is 0.700. The zero-order chi connectivity index (χ0) is 10.7. The van der Waals surface area contributed by atoms with Crippen molar-refractivity contribution in [3.8, 4) is 0 Å². The van der Waals surface area contributed by atoms with Crippen LogP contribution < -0.4 is 5.32 Å². The molecule has 78 valence electrons. The van der Waals surface area contributed by atoms with Crippen LogP contribution >= 0.6 is 0 Å². The minimum absolute atomic E-state index is 0.213. The number of carbonyl (C=O) groups excluding carboxylic acids is 1. The summed E-state index contributed by atoms with van der Waals surface area (Å²) in [7, 11) is 0. The smallest absolute Gasteiger partial charge is 0.328 e. The van der Waals surface area contributed by atoms with Crippen LogP contribution in [0.1, 0.15) is 34.1 Å². The van der Waals surface area contributed by atoms with Crippen LogP contribution in [-0.4, -0.2) is 18.6 Å². The van der Waals surface area contributed by atoms with E-state index in [1.807, 2.05) is 20.8 Å². The van der Waals surface area contributed by atoms with Gasteiger partial charge < -0.3 is 10.1 Å². The van der Waals surface area contributed by atoms with Crippen LogP contribution in [0.3, 0.4) is 0 Å². The van der Waals surface area contributed by atoms with Crippen LogP contribution in [0.5, 0.6) is 0 Å². The summed E-state index contributed by atoms with van der Waals surface area (Å²) < 4.78 is 4.80. The number of rotatable bonds is 5. The van der Waals surface area contributed by atoms with Gasteiger partial charge in [-0.25, -0.2) is 4.79 Å². The first-order valence-electron chi connectivity index (χ1n) is 4.79. The minimum atomic E-state index is -0.243. The molecule has 0 saturated carbocycles. The van der Waals surface area contributed by atoms with Gasteiger partial charge in [-0.2, -0.15) is 0 Å². The summed E-state index contributed by atoms with van der Waals surface area (Å²) in [4.78, 5) is 11.0. The third kappa shape index (κ3) is 7.37. The molecule has 13 heavy (non-hydrogen) atoms. The van der Waals surface area contributed by atoms with E-state index in [4.69, 9.17) is 4.74 Å². The predicted octanol–water partition coefficient (Wildman–Crippen LogP) is 2.09. The lowest BCUT2D eigenvalue weighted by atomic mass is 10.2. The van der Waals surface area contributed by atoms with Gasteiger partial charge in [-0.15, -0.1) is 0 Å². The lowest BCUT2D eigenvalue weighted by Crippen LogP contribution is -2.33. The Morgan fingerprint density at radius 3 is 2.38 bits per heavy atom. The molecule has 1 unspecified atom stereocenters. The van der Waals surface area contributed by atoms with Crippen LogP contribution in [0, 0.1) is 0 Å². The molecule has 0 aliphatic carbocycles. The molecule has 0 radical (unpaired) electrons. The molecule has 0 bridgehead atoms. The number of hydrogen-bond donors (Lipinski definition) is 1. The Bertz CT molecular complexity index is 135. The Hall–Kier alpha value is -0.990. The van der Waals surface area contributed by atoms with E-state index >= 15 is 0 Å². The van der Waals surface area contributed by atoms with E-state index < -0.39 is 0 Å². The minimum Gasteiger partial charge on any atom is -0.464 e. The van der Waals surface area contributed by atoms with Crippen molar-refractivity contribution >= 4 is 5.97 Å². The van der Waals surface area contributed by atoms with E-state index in [9.17, 15) is 4.79 Å². The van der Waals surface area contributed by atoms with Gasteiger partial charge in [-0.05, 0) is 19.5 Å². The van der Waals surface area contributed by atoms with E-state index in [-0.39, 0.29) is 12.0 Å². The summed E-state index contributed by atoms with van der Waals surface area (Å²) in [6.45, 7) is 11.6. The number of carbonyl (C=O) groups is 1. The molecule has 0 rings (SSSR count). The molecule has 0 aromatic heterocycles. The normalized spacial score (nSPS) is 10.5. The van der Waals surface area contributed by atoms with E-state index in [1.54, 1.807) is 6.92 Å². The molecule has 3 nitrogen and oxygen atoms in total. The second-order valence-corrected chi connectivity index (χ2v) is 2.08. The third-order valence-electron chi connectivity index (χ3n) is 1.30. The highest BCUT2D eigenvalue weighted by Crippen LogP contribution is 1.94. The molecule has 0 heterocycles. The highest BCUT2D eigenvalue weighted by atomic mass is 16.5. The van der Waals surface area contributed by atoms with Crippen molar-refractivity contribution in [2.75, 3.05) is 6.61 Å². The lowest BCUT2D eigenvalue weighted by molar-refractivity contribution is -0.145. The van der Waals surface area contributed by atoms with Gasteiger partial charge in [0, 0.05) is 0 Å². The highest BCUT2D eigenvalue weighted by molar-refractivity contribution is 5.75. The first-order chi connectivity index (χ1) is 6.26. The lowest BCUT2D eigenvalue weighted by Gasteiger charge is -2.12. The SMILES string of the molecule is C=CNC(CC)C(=O)OCC.CC. The molecular weight excluding hydrogens is 166 g/mol. The van der Waals surface area contributed by atoms with Gasteiger partial charge in [-0.3, -0.25) is 0 Å². The van der Waals surface area contributed by atoms with Crippen molar-refractivity contribution in [2.24, 2.45) is 0 Å². The number of esters is 1. The molecule has 0 aromatic rings. The van der Waals surface area contributed by atoms with Crippen molar-refractivity contribution in [1.82, 2.24) is 5.32 Å². The largest absolute Gasteiger partial charge is 0.464 e. The molecule has 0 aromatic carbocycles. The molecule has 0 aliphatic heterocycles. The van der Waals surface area contributed by atoms with Gasteiger partial charge in [0.15, 0.2) is 0 Å². The average Bonchev–Trinajstić information content (AvgIpc) is 2.17. The Labute approximate surface area is 81.2 Å². The second kappa shape index (κ2) is 11.0. The van der Waals surface area contributed by atoms with E-state index in [2.05, 4.69) is 11.9 Å². The molecule has 0 amide bonds. The summed E-state index contributed by atoms with van der Waals surface area (Å²) in [5.41, 5.74) is 0. The molecule has 0 fully saturated rings. The molecule has 0 aliphatic rings. The zero-order valence-electron chi connectivity index (χ0n) is 9.09. The third-order valence-corrected chi connectivity index (χ3v) is 1.30. The topological polar surface area (TPSA) is 38.3 Å². The molecule has 0 spiro atoms. The summed E-state index contributed by atoms with van der Waals surface area (Å²) in [5, 5.41) is 2.81. The van der Waals surface area contributed by atoms with Gasteiger partial charge in [0.25, 0.3) is 0 Å². The first-order valence-corrected chi connectivity index (χ1v) is 4.79. The summed E-state index contributed by atoms with van der Waals surface area (Å²) in [5.74, 6) is -0.213. The van der Waals surface area contributed by atoms with E-state index in [1.165, 1.54) is 6.20 Å². The van der Waals surface area contributed by atoms with E-state index in [0.29, 0.717) is 13.0 Å². The van der Waals surface area contributed by atoms with Crippen LogP contribution in [0.25, 0.3) is 0 Å². The van der Waals surface area contributed by atoms with Crippen molar-refractivity contribution < 1.29 is 9.53 Å². The summed E-state index contributed by atoms with van der Waals surface area (Å²) in [6, 6.07) is -0.243. The Kier molecular flexibility index (Phi) is 12.3. The number of ether oxygens (including phenoxy) is 1. The molecule has 1 N–H and O–H groups in total.